The van der Waals surface area contributed by atoms with Crippen LogP contribution in [-0.2, 0) is 0 Å². The van der Waals surface area contributed by atoms with Gasteiger partial charge in [0.2, 0.25) is 0 Å². The summed E-state index contributed by atoms with van der Waals surface area (Å²) < 4.78 is 5.28. The molecule has 1 saturated heterocycles. The lowest BCUT2D eigenvalue weighted by atomic mass is 10.1. The van der Waals surface area contributed by atoms with Crippen LogP contribution in [0.15, 0.2) is 18.2 Å². The van der Waals surface area contributed by atoms with E-state index in [0.29, 0.717) is 6.04 Å². The van der Waals surface area contributed by atoms with E-state index in [1.807, 2.05) is 0 Å². The topological polar surface area (TPSA) is 24.5 Å². The molecule has 0 radical (unpaired) electrons. The predicted octanol–water partition coefficient (Wildman–Crippen LogP) is 1.80. The minimum absolute atomic E-state index is 0.557. The van der Waals surface area contributed by atoms with Crippen LogP contribution < -0.4 is 15.0 Å². The molecule has 1 fully saturated rings. The summed E-state index contributed by atoms with van der Waals surface area (Å²) in [5.74, 6) is 0.964. The van der Waals surface area contributed by atoms with Gasteiger partial charge >= 0.3 is 0 Å². The maximum atomic E-state index is 5.28. The van der Waals surface area contributed by atoms with Crippen LogP contribution in [0.25, 0.3) is 0 Å². The second-order valence-electron chi connectivity index (χ2n) is 4.40. The normalized spacial score (nSPS) is 20.9. The van der Waals surface area contributed by atoms with Gasteiger partial charge in [0.1, 0.15) is 5.75 Å². The Balaban J connectivity index is 2.22. The zero-order valence-electron chi connectivity index (χ0n) is 10.3. The lowest BCUT2D eigenvalue weighted by molar-refractivity contribution is 0.411. The monoisotopic (exact) mass is 220 g/mol. The molecule has 0 aliphatic carbocycles. The number of anilines is 1. The van der Waals surface area contributed by atoms with Crippen LogP contribution >= 0.6 is 0 Å². The van der Waals surface area contributed by atoms with E-state index in [0.717, 1.165) is 25.4 Å². The van der Waals surface area contributed by atoms with Gasteiger partial charge in [-0.2, -0.15) is 0 Å². The third kappa shape index (κ3) is 2.14. The molecule has 1 heterocycles. The van der Waals surface area contributed by atoms with E-state index in [9.17, 15) is 0 Å². The first-order valence-electron chi connectivity index (χ1n) is 5.84. The number of nitrogens with zero attached hydrogens (tertiary/aromatic N) is 1. The summed E-state index contributed by atoms with van der Waals surface area (Å²) >= 11 is 0. The number of aryl methyl sites for hydroxylation is 1. The number of piperazine rings is 1. The fraction of sp³-hybridized carbons (Fsp3) is 0.538. The standard InChI is InChI=1S/C13H20N2O/c1-10-8-12(4-5-13(10)16-3)15-7-6-14-9-11(15)2/h4-5,8,11,14H,6-7,9H2,1-3H3. The Morgan fingerprint density at radius 1 is 1.44 bits per heavy atom. The quantitative estimate of drug-likeness (QED) is 0.822. The molecular formula is C13H20N2O. The smallest absolute Gasteiger partial charge is 0.121 e. The van der Waals surface area contributed by atoms with E-state index in [-0.39, 0.29) is 0 Å². The van der Waals surface area contributed by atoms with Crippen molar-refractivity contribution in [3.8, 4) is 5.75 Å². The summed E-state index contributed by atoms with van der Waals surface area (Å²) in [5.41, 5.74) is 2.50. The fourth-order valence-corrected chi connectivity index (χ4v) is 2.27. The molecule has 1 aromatic rings. The van der Waals surface area contributed by atoms with E-state index < -0.39 is 0 Å². The number of hydrogen-bond donors (Lipinski definition) is 1. The fourth-order valence-electron chi connectivity index (χ4n) is 2.27. The third-order valence-electron chi connectivity index (χ3n) is 3.21. The Kier molecular flexibility index (Phi) is 3.34. The minimum Gasteiger partial charge on any atom is -0.496 e. The molecule has 1 aliphatic rings. The minimum atomic E-state index is 0.557. The first kappa shape index (κ1) is 11.3. The van der Waals surface area contributed by atoms with Gasteiger partial charge in [-0.15, -0.1) is 0 Å². The van der Waals surface area contributed by atoms with E-state index in [1.165, 1.54) is 11.3 Å². The summed E-state index contributed by atoms with van der Waals surface area (Å²) in [6.45, 7) is 7.55. The summed E-state index contributed by atoms with van der Waals surface area (Å²) in [6.07, 6.45) is 0. The molecule has 3 heteroatoms. The van der Waals surface area contributed by atoms with Gasteiger partial charge in [0.15, 0.2) is 0 Å². The predicted molar refractivity (Wildman–Crippen MR) is 67.4 cm³/mol. The maximum Gasteiger partial charge on any atom is 0.121 e. The third-order valence-corrected chi connectivity index (χ3v) is 3.21. The van der Waals surface area contributed by atoms with Crippen LogP contribution in [0, 0.1) is 6.92 Å². The van der Waals surface area contributed by atoms with Gasteiger partial charge < -0.3 is 15.0 Å². The molecule has 16 heavy (non-hydrogen) atoms. The molecule has 0 spiro atoms. The van der Waals surface area contributed by atoms with E-state index >= 15 is 0 Å². The zero-order valence-corrected chi connectivity index (χ0v) is 10.3. The van der Waals surface area contributed by atoms with Crippen molar-refractivity contribution in [2.75, 3.05) is 31.6 Å². The molecule has 0 bridgehead atoms. The van der Waals surface area contributed by atoms with Gasteiger partial charge in [0, 0.05) is 31.4 Å². The molecule has 1 aliphatic heterocycles. The molecule has 0 aromatic heterocycles. The van der Waals surface area contributed by atoms with Crippen LogP contribution in [0.5, 0.6) is 5.75 Å². The van der Waals surface area contributed by atoms with Gasteiger partial charge in [0.25, 0.3) is 0 Å². The molecule has 3 nitrogen and oxygen atoms in total. The molecule has 2 rings (SSSR count). The number of nitrogens with one attached hydrogen (secondary N) is 1. The molecular weight excluding hydrogens is 200 g/mol. The van der Waals surface area contributed by atoms with Crippen molar-refractivity contribution in [2.24, 2.45) is 0 Å². The van der Waals surface area contributed by atoms with E-state index in [4.69, 9.17) is 4.74 Å². The van der Waals surface area contributed by atoms with Gasteiger partial charge in [-0.25, -0.2) is 0 Å². The molecule has 0 amide bonds. The summed E-state index contributed by atoms with van der Waals surface area (Å²) in [4.78, 5) is 2.45. The van der Waals surface area contributed by atoms with Crippen molar-refractivity contribution in [3.63, 3.8) is 0 Å². The van der Waals surface area contributed by atoms with E-state index in [1.54, 1.807) is 7.11 Å². The zero-order chi connectivity index (χ0) is 11.5. The highest BCUT2D eigenvalue weighted by Gasteiger charge is 2.18. The molecule has 1 atom stereocenters. The molecule has 0 saturated carbocycles. The highest BCUT2D eigenvalue weighted by Crippen LogP contribution is 2.25. The van der Waals surface area contributed by atoms with Crippen molar-refractivity contribution in [1.82, 2.24) is 5.32 Å². The van der Waals surface area contributed by atoms with Crippen molar-refractivity contribution < 1.29 is 4.74 Å². The average molecular weight is 220 g/mol. The Labute approximate surface area is 97.4 Å². The van der Waals surface area contributed by atoms with Gasteiger partial charge in [0.05, 0.1) is 7.11 Å². The largest absolute Gasteiger partial charge is 0.496 e. The summed E-state index contributed by atoms with van der Waals surface area (Å²) in [5, 5.41) is 3.41. The lowest BCUT2D eigenvalue weighted by Crippen LogP contribution is -2.49. The van der Waals surface area contributed by atoms with Gasteiger partial charge in [-0.1, -0.05) is 0 Å². The number of ether oxygens (including phenoxy) is 1. The Morgan fingerprint density at radius 3 is 2.88 bits per heavy atom. The summed E-state index contributed by atoms with van der Waals surface area (Å²) in [7, 11) is 1.72. The molecule has 1 N–H and O–H groups in total. The lowest BCUT2D eigenvalue weighted by Gasteiger charge is -2.36. The molecule has 88 valence electrons. The van der Waals surface area contributed by atoms with Crippen LogP contribution in [0.4, 0.5) is 5.69 Å². The average Bonchev–Trinajstić information content (AvgIpc) is 2.29. The van der Waals surface area contributed by atoms with Crippen molar-refractivity contribution >= 4 is 5.69 Å². The number of methoxy groups -OCH3 is 1. The van der Waals surface area contributed by atoms with Crippen LogP contribution in [-0.4, -0.2) is 32.8 Å². The first-order chi connectivity index (χ1) is 7.72. The van der Waals surface area contributed by atoms with Crippen LogP contribution in [0.1, 0.15) is 12.5 Å². The Bertz CT molecular complexity index is 365. The number of benzene rings is 1. The maximum absolute atomic E-state index is 5.28. The van der Waals surface area contributed by atoms with Crippen LogP contribution in [0.3, 0.4) is 0 Å². The summed E-state index contributed by atoms with van der Waals surface area (Å²) in [6, 6.07) is 6.97. The Hall–Kier alpha value is -1.22. The second-order valence-corrected chi connectivity index (χ2v) is 4.40. The van der Waals surface area contributed by atoms with Crippen molar-refractivity contribution in [1.29, 1.82) is 0 Å². The van der Waals surface area contributed by atoms with Gasteiger partial charge in [-0.3, -0.25) is 0 Å². The molecule has 1 aromatic carbocycles. The van der Waals surface area contributed by atoms with E-state index in [2.05, 4.69) is 42.3 Å². The number of hydrogen-bond acceptors (Lipinski definition) is 3. The van der Waals surface area contributed by atoms with Gasteiger partial charge in [-0.05, 0) is 37.6 Å². The van der Waals surface area contributed by atoms with Crippen LogP contribution in [0.2, 0.25) is 0 Å². The SMILES string of the molecule is COc1ccc(N2CCNCC2C)cc1C. The highest BCUT2D eigenvalue weighted by atomic mass is 16.5. The first-order valence-corrected chi connectivity index (χ1v) is 5.84. The number of rotatable bonds is 2. The second kappa shape index (κ2) is 4.74. The molecule has 1 unspecified atom stereocenters. The van der Waals surface area contributed by atoms with Crippen molar-refractivity contribution in [3.05, 3.63) is 23.8 Å². The van der Waals surface area contributed by atoms with Crippen molar-refractivity contribution in [2.45, 2.75) is 19.9 Å². The Morgan fingerprint density at radius 2 is 2.25 bits per heavy atom. The highest BCUT2D eigenvalue weighted by molar-refractivity contribution is 5.53.